The number of benzene rings is 3. The number of anilines is 1. The van der Waals surface area contributed by atoms with Crippen molar-refractivity contribution < 1.29 is 23.6 Å². The molecule has 1 N–H and O–H groups in total. The van der Waals surface area contributed by atoms with E-state index < -0.39 is 12.6 Å². The van der Waals surface area contributed by atoms with Crippen molar-refractivity contribution in [2.45, 2.75) is 6.92 Å². The highest BCUT2D eigenvalue weighted by atomic mass is 16.5. The quantitative estimate of drug-likeness (QED) is 0.237. The number of nitrogens with one attached hydrogen (secondary N) is 1. The number of fused-ring (bicyclic) bond motifs is 1. The van der Waals surface area contributed by atoms with Crippen LogP contribution in [0.2, 0.25) is 0 Å². The van der Waals surface area contributed by atoms with Gasteiger partial charge in [0.25, 0.3) is 11.6 Å². The van der Waals surface area contributed by atoms with Gasteiger partial charge >= 0.3 is 5.97 Å². The van der Waals surface area contributed by atoms with Crippen LogP contribution in [-0.2, 0) is 4.74 Å². The fourth-order valence-corrected chi connectivity index (χ4v) is 3.84. The molecule has 0 saturated carbocycles. The van der Waals surface area contributed by atoms with Crippen LogP contribution < -0.4 is 5.32 Å². The largest absolute Gasteiger partial charge is 0.454 e. The third-order valence-corrected chi connectivity index (χ3v) is 5.74. The van der Waals surface area contributed by atoms with Gasteiger partial charge in [-0.15, -0.1) is 0 Å². The van der Waals surface area contributed by atoms with Gasteiger partial charge in [-0.05, 0) is 49.4 Å². The number of carbonyl (C=O) groups excluding carboxylic acids is 3. The first-order valence-electron chi connectivity index (χ1n) is 11.5. The molecule has 0 aliphatic heterocycles. The van der Waals surface area contributed by atoms with E-state index in [0.29, 0.717) is 33.6 Å². The van der Waals surface area contributed by atoms with E-state index in [1.165, 1.54) is 0 Å². The summed E-state index contributed by atoms with van der Waals surface area (Å²) in [6.45, 7) is 1.25. The molecule has 0 fully saturated rings. The normalized spacial score (nSPS) is 10.7. The van der Waals surface area contributed by atoms with Crippen molar-refractivity contribution in [2.75, 3.05) is 11.9 Å². The van der Waals surface area contributed by atoms with Gasteiger partial charge in [0.2, 0.25) is 0 Å². The van der Waals surface area contributed by atoms with Crippen molar-refractivity contribution in [2.24, 2.45) is 0 Å². The van der Waals surface area contributed by atoms with E-state index in [9.17, 15) is 14.4 Å². The monoisotopic (exact) mass is 491 g/mol. The van der Waals surface area contributed by atoms with Crippen LogP contribution in [0.5, 0.6) is 0 Å². The lowest BCUT2D eigenvalue weighted by molar-refractivity contribution is 0.0476. The molecule has 5 rings (SSSR count). The van der Waals surface area contributed by atoms with Crippen LogP contribution in [0.15, 0.2) is 95.5 Å². The second-order valence-corrected chi connectivity index (χ2v) is 8.27. The lowest BCUT2D eigenvalue weighted by Gasteiger charge is -2.09. The molecule has 0 aliphatic carbocycles. The molecule has 0 aliphatic rings. The van der Waals surface area contributed by atoms with E-state index in [2.05, 4.69) is 15.5 Å². The van der Waals surface area contributed by atoms with Crippen LogP contribution in [0.4, 0.5) is 5.69 Å². The summed E-state index contributed by atoms with van der Waals surface area (Å²) in [5, 5.41) is 7.14. The average Bonchev–Trinajstić information content (AvgIpc) is 3.32. The molecule has 0 atom stereocenters. The maximum atomic E-state index is 13.0. The molecule has 8 nitrogen and oxygen atoms in total. The Morgan fingerprint density at radius 3 is 2.24 bits per heavy atom. The molecule has 0 spiro atoms. The van der Waals surface area contributed by atoms with Gasteiger partial charge in [-0.1, -0.05) is 53.7 Å². The van der Waals surface area contributed by atoms with Gasteiger partial charge in [0.05, 0.1) is 22.3 Å². The van der Waals surface area contributed by atoms with Crippen LogP contribution in [0, 0.1) is 6.92 Å². The van der Waals surface area contributed by atoms with Gasteiger partial charge < -0.3 is 14.6 Å². The highest BCUT2D eigenvalue weighted by Crippen LogP contribution is 2.27. The van der Waals surface area contributed by atoms with Gasteiger partial charge in [0.1, 0.15) is 0 Å². The third kappa shape index (κ3) is 5.13. The Hall–Kier alpha value is -5.11. The lowest BCUT2D eigenvalue weighted by atomic mass is 10.1. The van der Waals surface area contributed by atoms with E-state index >= 15 is 0 Å². The van der Waals surface area contributed by atoms with Gasteiger partial charge in [0, 0.05) is 22.4 Å². The molecule has 1 amide bonds. The Balaban J connectivity index is 1.28. The lowest BCUT2D eigenvalue weighted by Crippen LogP contribution is -2.15. The van der Waals surface area contributed by atoms with Crippen molar-refractivity contribution in [1.82, 2.24) is 10.1 Å². The Labute approximate surface area is 211 Å². The topological polar surface area (TPSA) is 111 Å². The van der Waals surface area contributed by atoms with Gasteiger partial charge in [0.15, 0.2) is 12.4 Å². The minimum Gasteiger partial charge on any atom is -0.454 e. The molecule has 0 bridgehead atoms. The first-order chi connectivity index (χ1) is 18.0. The molecular formula is C29H21N3O5. The Morgan fingerprint density at radius 1 is 0.865 bits per heavy atom. The molecule has 8 heteroatoms. The van der Waals surface area contributed by atoms with E-state index in [1.807, 2.05) is 36.4 Å². The van der Waals surface area contributed by atoms with Crippen molar-refractivity contribution >= 4 is 34.4 Å². The van der Waals surface area contributed by atoms with Crippen molar-refractivity contribution in [3.05, 3.63) is 113 Å². The van der Waals surface area contributed by atoms with Crippen LogP contribution in [0.3, 0.4) is 0 Å². The summed E-state index contributed by atoms with van der Waals surface area (Å²) in [7, 11) is 0. The number of aryl methyl sites for hydroxylation is 1. The zero-order valence-corrected chi connectivity index (χ0v) is 19.8. The molecule has 5 aromatic rings. The number of hydrogen-bond donors (Lipinski definition) is 1. The summed E-state index contributed by atoms with van der Waals surface area (Å²) in [5.41, 5.74) is 3.65. The fourth-order valence-electron chi connectivity index (χ4n) is 3.84. The summed E-state index contributed by atoms with van der Waals surface area (Å²) >= 11 is 0. The number of rotatable bonds is 7. The number of hydrogen-bond acceptors (Lipinski definition) is 7. The maximum Gasteiger partial charge on any atom is 0.339 e. The maximum absolute atomic E-state index is 13.0. The number of amides is 1. The molecule has 37 heavy (non-hydrogen) atoms. The summed E-state index contributed by atoms with van der Waals surface area (Å²) in [5.74, 6) is -1.32. The number of aromatic nitrogens is 2. The second-order valence-electron chi connectivity index (χ2n) is 8.27. The predicted octanol–water partition coefficient (Wildman–Crippen LogP) is 5.49. The standard InChI is InChI=1S/C29H21N3O5/c1-18-26-23(16-24(31-28(26)37-32-18)19-8-4-2-5-9-19)29(35)36-17-25(33)20-12-14-22(15-13-20)30-27(34)21-10-6-3-7-11-21/h2-16H,17H2,1H3,(H,30,34). The number of ketones is 1. The first-order valence-corrected chi connectivity index (χ1v) is 11.5. The summed E-state index contributed by atoms with van der Waals surface area (Å²) in [6.07, 6.45) is 0. The number of Topliss-reactive ketones (excluding diaryl/α,β-unsaturated/α-hetero) is 1. The second kappa shape index (κ2) is 10.2. The Morgan fingerprint density at radius 2 is 1.54 bits per heavy atom. The van der Waals surface area contributed by atoms with Crippen molar-refractivity contribution in [3.8, 4) is 11.3 Å². The van der Waals surface area contributed by atoms with E-state index in [-0.39, 0.29) is 23.0 Å². The van der Waals surface area contributed by atoms with E-state index in [0.717, 1.165) is 5.56 Å². The zero-order chi connectivity index (χ0) is 25.8. The SMILES string of the molecule is Cc1noc2nc(-c3ccccc3)cc(C(=O)OCC(=O)c3ccc(NC(=O)c4ccccc4)cc3)c12. The summed E-state index contributed by atoms with van der Waals surface area (Å²) < 4.78 is 10.7. The number of pyridine rings is 1. The van der Waals surface area contributed by atoms with Crippen LogP contribution in [-0.4, -0.2) is 34.4 Å². The minimum atomic E-state index is -0.684. The van der Waals surface area contributed by atoms with Crippen molar-refractivity contribution in [1.29, 1.82) is 0 Å². The highest BCUT2D eigenvalue weighted by Gasteiger charge is 2.21. The molecule has 0 unspecified atom stereocenters. The Kier molecular flexibility index (Phi) is 6.54. The molecule has 2 heterocycles. The van der Waals surface area contributed by atoms with E-state index in [1.54, 1.807) is 61.5 Å². The number of esters is 1. The molecule has 2 aromatic heterocycles. The van der Waals surface area contributed by atoms with Crippen molar-refractivity contribution in [3.63, 3.8) is 0 Å². The highest BCUT2D eigenvalue weighted by molar-refractivity contribution is 6.06. The fraction of sp³-hybridized carbons (Fsp3) is 0.0690. The molecule has 3 aromatic carbocycles. The predicted molar refractivity (Wildman–Crippen MR) is 137 cm³/mol. The zero-order valence-electron chi connectivity index (χ0n) is 19.8. The van der Waals surface area contributed by atoms with E-state index in [4.69, 9.17) is 9.26 Å². The van der Waals surface area contributed by atoms with Crippen LogP contribution in [0.1, 0.15) is 36.8 Å². The van der Waals surface area contributed by atoms with Crippen LogP contribution in [0.25, 0.3) is 22.4 Å². The third-order valence-electron chi connectivity index (χ3n) is 5.74. The van der Waals surface area contributed by atoms with Gasteiger partial charge in [-0.2, -0.15) is 0 Å². The number of ether oxygens (including phenoxy) is 1. The average molecular weight is 492 g/mol. The molecule has 0 radical (unpaired) electrons. The van der Waals surface area contributed by atoms with Crippen LogP contribution >= 0.6 is 0 Å². The summed E-state index contributed by atoms with van der Waals surface area (Å²) in [4.78, 5) is 42.5. The minimum absolute atomic E-state index is 0.213. The first kappa shape index (κ1) is 23.6. The summed E-state index contributed by atoms with van der Waals surface area (Å²) in [6, 6.07) is 26.1. The van der Waals surface area contributed by atoms with Gasteiger partial charge in [-0.3, -0.25) is 9.59 Å². The van der Waals surface area contributed by atoms with Gasteiger partial charge in [-0.25, -0.2) is 9.78 Å². The smallest absolute Gasteiger partial charge is 0.339 e. The Bertz CT molecular complexity index is 1590. The molecule has 0 saturated heterocycles. The molecule has 182 valence electrons. The number of nitrogens with zero attached hydrogens (tertiary/aromatic N) is 2. The number of carbonyl (C=O) groups is 3. The molecular weight excluding hydrogens is 470 g/mol.